The topological polar surface area (TPSA) is 41.6 Å². The van der Waals surface area contributed by atoms with E-state index in [9.17, 15) is 9.18 Å². The van der Waals surface area contributed by atoms with Crippen LogP contribution in [0, 0.1) is 5.82 Å². The molecule has 0 radical (unpaired) electrons. The predicted molar refractivity (Wildman–Crippen MR) is 102 cm³/mol. The molecule has 2 aromatic rings. The lowest BCUT2D eigenvalue weighted by Crippen LogP contribution is -2.45. The summed E-state index contributed by atoms with van der Waals surface area (Å²) in [6, 6.07) is 16.6. The first-order valence-corrected chi connectivity index (χ1v) is 9.60. The quantitative estimate of drug-likeness (QED) is 0.852. The van der Waals surface area contributed by atoms with Crippen molar-refractivity contribution in [2.24, 2.45) is 0 Å². The molecule has 2 fully saturated rings. The van der Waals surface area contributed by atoms with Crippen molar-refractivity contribution >= 4 is 5.91 Å². The smallest absolute Gasteiger partial charge is 0.230 e. The van der Waals surface area contributed by atoms with Crippen molar-refractivity contribution in [2.75, 3.05) is 32.8 Å². The van der Waals surface area contributed by atoms with Crippen molar-refractivity contribution < 1.29 is 13.9 Å². The molecule has 1 amide bonds. The number of nitrogens with one attached hydrogen (secondary N) is 1. The average molecular weight is 368 g/mol. The summed E-state index contributed by atoms with van der Waals surface area (Å²) in [5, 5.41) is 3.16. The van der Waals surface area contributed by atoms with Gasteiger partial charge in [-0.1, -0.05) is 42.5 Å². The summed E-state index contributed by atoms with van der Waals surface area (Å²) in [5.41, 5.74) is 1.58. The SMILES string of the molecule is O=C(NCC(c1cccc(F)c1)N1CCOCC1)C1(c2ccccc2)CC1. The number of benzene rings is 2. The van der Waals surface area contributed by atoms with Gasteiger partial charge in [0.05, 0.1) is 24.7 Å². The third kappa shape index (κ3) is 3.89. The van der Waals surface area contributed by atoms with E-state index in [1.807, 2.05) is 36.4 Å². The molecule has 1 aliphatic carbocycles. The summed E-state index contributed by atoms with van der Waals surface area (Å²) < 4.78 is 19.2. The van der Waals surface area contributed by atoms with Gasteiger partial charge in [0.15, 0.2) is 0 Å². The fourth-order valence-corrected chi connectivity index (χ4v) is 3.95. The summed E-state index contributed by atoms with van der Waals surface area (Å²) in [4.78, 5) is 15.2. The van der Waals surface area contributed by atoms with E-state index in [1.54, 1.807) is 12.1 Å². The Morgan fingerprint density at radius 1 is 1.11 bits per heavy atom. The lowest BCUT2D eigenvalue weighted by Gasteiger charge is -2.35. The largest absolute Gasteiger partial charge is 0.379 e. The van der Waals surface area contributed by atoms with Gasteiger partial charge in [-0.05, 0) is 36.1 Å². The molecule has 27 heavy (non-hydrogen) atoms. The van der Waals surface area contributed by atoms with Crippen molar-refractivity contribution in [3.05, 3.63) is 71.5 Å². The van der Waals surface area contributed by atoms with Crippen LogP contribution >= 0.6 is 0 Å². The van der Waals surface area contributed by atoms with Gasteiger partial charge >= 0.3 is 0 Å². The molecule has 0 bridgehead atoms. The summed E-state index contributed by atoms with van der Waals surface area (Å²) >= 11 is 0. The van der Waals surface area contributed by atoms with Gasteiger partial charge in [-0.2, -0.15) is 0 Å². The van der Waals surface area contributed by atoms with Crippen molar-refractivity contribution in [2.45, 2.75) is 24.3 Å². The normalized spacial score (nSPS) is 20.0. The molecule has 2 aliphatic rings. The van der Waals surface area contributed by atoms with Crippen LogP contribution in [0.15, 0.2) is 54.6 Å². The molecule has 1 unspecified atom stereocenters. The number of carbonyl (C=O) groups is 1. The first-order valence-electron chi connectivity index (χ1n) is 9.60. The Labute approximate surface area is 159 Å². The Morgan fingerprint density at radius 2 is 1.85 bits per heavy atom. The zero-order valence-electron chi connectivity index (χ0n) is 15.4. The molecule has 1 heterocycles. The van der Waals surface area contributed by atoms with Gasteiger partial charge < -0.3 is 10.1 Å². The van der Waals surface area contributed by atoms with Crippen LogP contribution < -0.4 is 5.32 Å². The van der Waals surface area contributed by atoms with Crippen molar-refractivity contribution in [3.8, 4) is 0 Å². The van der Waals surface area contributed by atoms with Crippen molar-refractivity contribution in [3.63, 3.8) is 0 Å². The molecule has 4 nitrogen and oxygen atoms in total. The molecular weight excluding hydrogens is 343 g/mol. The lowest BCUT2D eigenvalue weighted by molar-refractivity contribution is -0.124. The molecular formula is C22H25FN2O2. The Kier molecular flexibility index (Phi) is 5.23. The fraction of sp³-hybridized carbons (Fsp3) is 0.409. The van der Waals surface area contributed by atoms with Crippen LogP contribution in [0.25, 0.3) is 0 Å². The van der Waals surface area contributed by atoms with Gasteiger partial charge in [0.2, 0.25) is 5.91 Å². The Hall–Kier alpha value is -2.24. The molecule has 5 heteroatoms. The third-order valence-corrected chi connectivity index (χ3v) is 5.69. The zero-order chi connectivity index (χ0) is 18.7. The van der Waals surface area contributed by atoms with E-state index in [1.165, 1.54) is 6.07 Å². The predicted octanol–water partition coefficient (Wildman–Crippen LogP) is 3.05. The maximum absolute atomic E-state index is 13.8. The number of morpholine rings is 1. The Bertz CT molecular complexity index is 786. The Morgan fingerprint density at radius 3 is 2.52 bits per heavy atom. The van der Waals surface area contributed by atoms with Crippen molar-refractivity contribution in [1.82, 2.24) is 10.2 Å². The molecule has 2 aromatic carbocycles. The number of hydrogen-bond donors (Lipinski definition) is 1. The highest BCUT2D eigenvalue weighted by Crippen LogP contribution is 2.48. The number of halogens is 1. The molecule has 1 N–H and O–H groups in total. The van der Waals surface area contributed by atoms with E-state index in [0.717, 1.165) is 37.1 Å². The summed E-state index contributed by atoms with van der Waals surface area (Å²) in [6.07, 6.45) is 1.76. The first kappa shape index (κ1) is 18.1. The molecule has 1 saturated heterocycles. The van der Waals surface area contributed by atoms with Crippen LogP contribution in [0.4, 0.5) is 4.39 Å². The molecule has 142 valence electrons. The van der Waals surface area contributed by atoms with Gasteiger partial charge in [0.25, 0.3) is 0 Å². The van der Waals surface area contributed by atoms with E-state index < -0.39 is 5.41 Å². The van der Waals surface area contributed by atoms with Crippen LogP contribution in [0.5, 0.6) is 0 Å². The maximum Gasteiger partial charge on any atom is 0.230 e. The van der Waals surface area contributed by atoms with Crippen LogP contribution in [-0.2, 0) is 14.9 Å². The summed E-state index contributed by atoms with van der Waals surface area (Å²) in [5.74, 6) is -0.177. The minimum atomic E-state index is -0.390. The summed E-state index contributed by atoms with van der Waals surface area (Å²) in [6.45, 7) is 3.35. The standard InChI is InChI=1S/C22H25FN2O2/c23-19-8-4-5-17(15-19)20(25-11-13-27-14-12-25)16-24-21(26)22(9-10-22)18-6-2-1-3-7-18/h1-8,15,20H,9-14,16H2,(H,24,26). The third-order valence-electron chi connectivity index (χ3n) is 5.69. The number of nitrogens with zero attached hydrogens (tertiary/aromatic N) is 1. The number of ether oxygens (including phenoxy) is 1. The van der Waals surface area contributed by atoms with Crippen LogP contribution in [-0.4, -0.2) is 43.7 Å². The van der Waals surface area contributed by atoms with Crippen molar-refractivity contribution in [1.29, 1.82) is 0 Å². The first-order chi connectivity index (χ1) is 13.2. The number of amides is 1. The lowest BCUT2D eigenvalue weighted by atomic mass is 9.94. The van der Waals surface area contributed by atoms with Gasteiger partial charge in [-0.25, -0.2) is 4.39 Å². The van der Waals surface area contributed by atoms with Crippen LogP contribution in [0.1, 0.15) is 30.0 Å². The fourth-order valence-electron chi connectivity index (χ4n) is 3.95. The molecule has 4 rings (SSSR count). The van der Waals surface area contributed by atoms with Gasteiger partial charge in [0.1, 0.15) is 5.82 Å². The molecule has 0 spiro atoms. The zero-order valence-corrected chi connectivity index (χ0v) is 15.4. The maximum atomic E-state index is 13.8. The van der Waals surface area contributed by atoms with E-state index in [-0.39, 0.29) is 17.8 Å². The second kappa shape index (κ2) is 7.79. The van der Waals surface area contributed by atoms with E-state index in [2.05, 4.69) is 10.2 Å². The number of rotatable bonds is 6. The highest BCUT2D eigenvalue weighted by Gasteiger charge is 2.51. The van der Waals surface area contributed by atoms with E-state index >= 15 is 0 Å². The number of carbonyl (C=O) groups excluding carboxylic acids is 1. The monoisotopic (exact) mass is 368 g/mol. The highest BCUT2D eigenvalue weighted by molar-refractivity contribution is 5.91. The minimum absolute atomic E-state index is 0.0554. The molecule has 1 saturated carbocycles. The second-order valence-corrected chi connectivity index (χ2v) is 7.38. The molecule has 1 aliphatic heterocycles. The Balaban J connectivity index is 1.49. The molecule has 0 aromatic heterocycles. The van der Waals surface area contributed by atoms with Gasteiger partial charge in [-0.15, -0.1) is 0 Å². The van der Waals surface area contributed by atoms with Gasteiger partial charge in [-0.3, -0.25) is 9.69 Å². The van der Waals surface area contributed by atoms with Gasteiger partial charge in [0, 0.05) is 19.6 Å². The number of hydrogen-bond acceptors (Lipinski definition) is 3. The average Bonchev–Trinajstić information content (AvgIpc) is 3.52. The highest BCUT2D eigenvalue weighted by atomic mass is 19.1. The van der Waals surface area contributed by atoms with Crippen LogP contribution in [0.3, 0.4) is 0 Å². The summed E-state index contributed by atoms with van der Waals surface area (Å²) in [7, 11) is 0. The van der Waals surface area contributed by atoms with Crippen LogP contribution in [0.2, 0.25) is 0 Å². The molecule has 1 atom stereocenters. The minimum Gasteiger partial charge on any atom is -0.379 e. The van der Waals surface area contributed by atoms with E-state index in [4.69, 9.17) is 4.74 Å². The van der Waals surface area contributed by atoms with E-state index in [0.29, 0.717) is 19.8 Å². The second-order valence-electron chi connectivity index (χ2n) is 7.38.